The number of rotatable bonds is 8. The lowest BCUT2D eigenvalue weighted by Gasteiger charge is -2.22. The fourth-order valence-corrected chi connectivity index (χ4v) is 7.34. The number of aromatic nitrogens is 6. The van der Waals surface area contributed by atoms with E-state index in [2.05, 4.69) is 29.9 Å². The second-order valence-electron chi connectivity index (χ2n) is 16.8. The third-order valence-electron chi connectivity index (χ3n) is 10.3. The van der Waals surface area contributed by atoms with Crippen LogP contribution in [0.25, 0.3) is 21.5 Å². The number of cyclic esters (lactones) is 2. The maximum atomic E-state index is 12.0. The molecule has 2 aliphatic heterocycles. The highest BCUT2D eigenvalue weighted by atomic mass is 16.6. The number of carbonyl (C=O) groups is 2. The molecule has 0 aliphatic carbocycles. The highest BCUT2D eigenvalue weighted by Crippen LogP contribution is 2.37. The van der Waals surface area contributed by atoms with Crippen LogP contribution in [-0.4, -0.2) is 56.1 Å². The molecule has 58 heavy (non-hydrogen) atoms. The van der Waals surface area contributed by atoms with Gasteiger partial charge in [0.1, 0.15) is 11.2 Å². The zero-order chi connectivity index (χ0) is 41.9. The molecule has 14 heteroatoms. The van der Waals surface area contributed by atoms with Crippen molar-refractivity contribution in [3.8, 4) is 11.8 Å². The SMILES string of the molecule is COc1ncc(C(C)(C)N)c2cc(Cc3ccc4c(n3)C(C)(C)OC4=O)ncc12.COc1ncc(C(C)(C)N)c2cc(Cc3ccc4c(n3)C(C)(C)OC4=O)ncc12. The summed E-state index contributed by atoms with van der Waals surface area (Å²) < 4.78 is 21.6. The number of pyridine rings is 6. The largest absolute Gasteiger partial charge is 0.481 e. The lowest BCUT2D eigenvalue weighted by atomic mass is 9.92. The monoisotopic (exact) mass is 784 g/mol. The Kier molecular flexibility index (Phi) is 9.93. The van der Waals surface area contributed by atoms with Crippen LogP contribution < -0.4 is 20.9 Å². The first-order chi connectivity index (χ1) is 27.2. The van der Waals surface area contributed by atoms with Crippen LogP contribution in [0.5, 0.6) is 11.8 Å². The second-order valence-corrected chi connectivity index (χ2v) is 16.8. The first kappa shape index (κ1) is 40.1. The average molecular weight is 785 g/mol. The molecule has 0 unspecified atom stereocenters. The normalized spacial score (nSPS) is 15.3. The van der Waals surface area contributed by atoms with Crippen molar-refractivity contribution in [2.75, 3.05) is 14.2 Å². The lowest BCUT2D eigenvalue weighted by Crippen LogP contribution is -2.29. The minimum absolute atomic E-state index is 0.331. The zero-order valence-electron chi connectivity index (χ0n) is 34.5. The fourth-order valence-electron chi connectivity index (χ4n) is 7.34. The van der Waals surface area contributed by atoms with E-state index in [1.807, 2.05) is 79.7 Å². The van der Waals surface area contributed by atoms with Crippen molar-refractivity contribution in [1.82, 2.24) is 29.9 Å². The van der Waals surface area contributed by atoms with E-state index in [1.54, 1.807) is 51.1 Å². The van der Waals surface area contributed by atoms with E-state index in [0.717, 1.165) is 55.4 Å². The quantitative estimate of drug-likeness (QED) is 0.160. The molecule has 4 N–H and O–H groups in total. The molecular formula is C44H48N8O6. The van der Waals surface area contributed by atoms with Gasteiger partial charge >= 0.3 is 11.9 Å². The van der Waals surface area contributed by atoms with Gasteiger partial charge in [0.25, 0.3) is 0 Å². The Labute approximate surface area is 336 Å². The molecule has 0 aromatic carbocycles. The van der Waals surface area contributed by atoms with Gasteiger partial charge in [0.05, 0.1) is 47.5 Å². The molecule has 14 nitrogen and oxygen atoms in total. The van der Waals surface area contributed by atoms with Gasteiger partial charge in [0.2, 0.25) is 11.8 Å². The van der Waals surface area contributed by atoms with Crippen molar-refractivity contribution in [1.29, 1.82) is 0 Å². The van der Waals surface area contributed by atoms with Crippen molar-refractivity contribution in [2.24, 2.45) is 11.5 Å². The highest BCUT2D eigenvalue weighted by Gasteiger charge is 2.40. The Morgan fingerprint density at radius 1 is 0.569 bits per heavy atom. The number of carbonyl (C=O) groups excluding carboxylic acids is 2. The highest BCUT2D eigenvalue weighted by molar-refractivity contribution is 5.95. The van der Waals surface area contributed by atoms with Crippen LogP contribution in [0.15, 0.2) is 61.2 Å². The van der Waals surface area contributed by atoms with Gasteiger partial charge in [0.15, 0.2) is 0 Å². The molecule has 8 heterocycles. The molecule has 6 aromatic rings. The lowest BCUT2D eigenvalue weighted by molar-refractivity contribution is 0.00719. The van der Waals surface area contributed by atoms with Crippen molar-refractivity contribution in [3.05, 3.63) is 118 Å². The average Bonchev–Trinajstić information content (AvgIpc) is 3.53. The van der Waals surface area contributed by atoms with Gasteiger partial charge in [-0.3, -0.25) is 19.9 Å². The van der Waals surface area contributed by atoms with Crippen molar-refractivity contribution < 1.29 is 28.5 Å². The Morgan fingerprint density at radius 3 is 1.29 bits per heavy atom. The molecule has 0 atom stereocenters. The Balaban J connectivity index is 0.000000177. The summed E-state index contributed by atoms with van der Waals surface area (Å²) in [5.41, 5.74) is 17.6. The molecule has 0 radical (unpaired) electrons. The zero-order valence-corrected chi connectivity index (χ0v) is 34.5. The fraction of sp³-hybridized carbons (Fsp3) is 0.364. The van der Waals surface area contributed by atoms with E-state index >= 15 is 0 Å². The molecule has 8 rings (SSSR count). The molecule has 0 spiro atoms. The van der Waals surface area contributed by atoms with E-state index in [4.69, 9.17) is 30.4 Å². The molecule has 6 aromatic heterocycles. The van der Waals surface area contributed by atoms with E-state index in [9.17, 15) is 9.59 Å². The minimum atomic E-state index is -0.727. The molecule has 2 aliphatic rings. The van der Waals surface area contributed by atoms with E-state index < -0.39 is 22.3 Å². The second kappa shape index (κ2) is 14.4. The van der Waals surface area contributed by atoms with Crippen molar-refractivity contribution in [2.45, 2.75) is 90.5 Å². The standard InChI is InChI=1S/2C22H24N4O3/c2*1-21(2,23)17-11-25-19(28-5)16-10-24-13(9-15(16)17)8-12-6-7-14-18(26-12)22(3,4)29-20(14)27/h2*6-7,9-11H,8,23H2,1-5H3. The summed E-state index contributed by atoms with van der Waals surface area (Å²) in [6.07, 6.45) is 8.06. The van der Waals surface area contributed by atoms with Crippen LogP contribution in [0.1, 0.15) is 121 Å². The van der Waals surface area contributed by atoms with Crippen LogP contribution >= 0.6 is 0 Å². The van der Waals surface area contributed by atoms with Gasteiger partial charge in [0, 0.05) is 71.5 Å². The van der Waals surface area contributed by atoms with Gasteiger partial charge in [-0.05, 0) is 114 Å². The molecule has 0 amide bonds. The number of nitrogens with two attached hydrogens (primary N) is 2. The molecule has 0 saturated heterocycles. The summed E-state index contributed by atoms with van der Waals surface area (Å²) in [4.78, 5) is 51.2. The molecule has 300 valence electrons. The van der Waals surface area contributed by atoms with E-state index in [0.29, 0.717) is 47.1 Å². The van der Waals surface area contributed by atoms with Crippen LogP contribution in [0, 0.1) is 0 Å². The summed E-state index contributed by atoms with van der Waals surface area (Å²) >= 11 is 0. The van der Waals surface area contributed by atoms with Crippen LogP contribution in [-0.2, 0) is 44.6 Å². The maximum absolute atomic E-state index is 12.0. The predicted octanol–water partition coefficient (Wildman–Crippen LogP) is 6.45. The topological polar surface area (TPSA) is 200 Å². The van der Waals surface area contributed by atoms with Crippen molar-refractivity contribution in [3.63, 3.8) is 0 Å². The Bertz CT molecular complexity index is 2450. The molecule has 0 bridgehead atoms. The smallest absolute Gasteiger partial charge is 0.341 e. The van der Waals surface area contributed by atoms with E-state index in [1.165, 1.54) is 0 Å². The molecule has 0 saturated carbocycles. The maximum Gasteiger partial charge on any atom is 0.341 e. The summed E-state index contributed by atoms with van der Waals surface area (Å²) in [7, 11) is 3.17. The summed E-state index contributed by atoms with van der Waals surface area (Å²) in [6, 6.07) is 11.2. The Morgan fingerprint density at radius 2 is 0.948 bits per heavy atom. The number of fused-ring (bicyclic) bond motifs is 4. The van der Waals surface area contributed by atoms with Crippen LogP contribution in [0.3, 0.4) is 0 Å². The molecular weight excluding hydrogens is 737 g/mol. The van der Waals surface area contributed by atoms with Gasteiger partial charge in [-0.1, -0.05) is 0 Å². The minimum Gasteiger partial charge on any atom is -0.481 e. The van der Waals surface area contributed by atoms with Crippen LogP contribution in [0.4, 0.5) is 0 Å². The van der Waals surface area contributed by atoms with Gasteiger partial charge in [-0.15, -0.1) is 0 Å². The van der Waals surface area contributed by atoms with Crippen molar-refractivity contribution >= 4 is 33.5 Å². The van der Waals surface area contributed by atoms with Crippen LogP contribution in [0.2, 0.25) is 0 Å². The summed E-state index contributed by atoms with van der Waals surface area (Å²) in [5, 5.41) is 3.53. The summed E-state index contributed by atoms with van der Waals surface area (Å²) in [5.74, 6) is 0.366. The first-order valence-corrected chi connectivity index (χ1v) is 18.9. The Hall–Kier alpha value is -6.12. The molecule has 0 fully saturated rings. The summed E-state index contributed by atoms with van der Waals surface area (Å²) in [6.45, 7) is 15.1. The number of esters is 2. The number of nitrogens with zero attached hydrogens (tertiary/aromatic N) is 6. The third-order valence-corrected chi connectivity index (χ3v) is 10.3. The van der Waals surface area contributed by atoms with Gasteiger partial charge < -0.3 is 30.4 Å². The van der Waals surface area contributed by atoms with E-state index in [-0.39, 0.29) is 11.9 Å². The predicted molar refractivity (Wildman–Crippen MR) is 218 cm³/mol. The number of hydrogen-bond donors (Lipinski definition) is 2. The van der Waals surface area contributed by atoms with Gasteiger partial charge in [-0.25, -0.2) is 19.6 Å². The third kappa shape index (κ3) is 7.52. The number of methoxy groups -OCH3 is 2. The number of hydrogen-bond acceptors (Lipinski definition) is 14. The van der Waals surface area contributed by atoms with Gasteiger partial charge in [-0.2, -0.15) is 0 Å². The first-order valence-electron chi connectivity index (χ1n) is 18.9. The number of ether oxygens (including phenoxy) is 4.